The van der Waals surface area contributed by atoms with Gasteiger partial charge in [-0.15, -0.1) is 0 Å². The third kappa shape index (κ3) is 5.49. The Morgan fingerprint density at radius 2 is 1.64 bits per heavy atom. The number of benzene rings is 2. The lowest BCUT2D eigenvalue weighted by Gasteiger charge is -2.06. The maximum Gasteiger partial charge on any atom is 0.337 e. The SMILES string of the molecule is CCO/C=C/c1ccc(CNC(=O)c2ccc(C(=O)OC)cc2)cc1. The molecule has 1 N–H and O–H groups in total. The second kappa shape index (κ2) is 9.27. The summed E-state index contributed by atoms with van der Waals surface area (Å²) < 4.78 is 9.79. The van der Waals surface area contributed by atoms with Crippen LogP contribution in [0.15, 0.2) is 54.8 Å². The molecule has 25 heavy (non-hydrogen) atoms. The second-order valence-electron chi connectivity index (χ2n) is 5.25. The van der Waals surface area contributed by atoms with Crippen LogP contribution in [0.2, 0.25) is 0 Å². The van der Waals surface area contributed by atoms with Crippen molar-refractivity contribution < 1.29 is 19.1 Å². The number of esters is 1. The van der Waals surface area contributed by atoms with Crippen molar-refractivity contribution >= 4 is 18.0 Å². The summed E-state index contributed by atoms with van der Waals surface area (Å²) in [6.07, 6.45) is 3.55. The Labute approximate surface area is 147 Å². The molecule has 0 atom stereocenters. The van der Waals surface area contributed by atoms with E-state index in [1.165, 1.54) is 7.11 Å². The molecule has 0 saturated heterocycles. The average molecular weight is 339 g/mol. The summed E-state index contributed by atoms with van der Waals surface area (Å²) in [7, 11) is 1.32. The number of carbonyl (C=O) groups excluding carboxylic acids is 2. The molecule has 5 nitrogen and oxygen atoms in total. The number of ether oxygens (including phenoxy) is 2. The summed E-state index contributed by atoms with van der Waals surface area (Å²) in [4.78, 5) is 23.5. The first-order valence-electron chi connectivity index (χ1n) is 7.97. The first-order valence-corrected chi connectivity index (χ1v) is 7.97. The van der Waals surface area contributed by atoms with Crippen molar-refractivity contribution in [2.45, 2.75) is 13.5 Å². The topological polar surface area (TPSA) is 64.6 Å². The molecule has 2 aromatic carbocycles. The van der Waals surface area contributed by atoms with Gasteiger partial charge in [0, 0.05) is 12.1 Å². The number of carbonyl (C=O) groups is 2. The summed E-state index contributed by atoms with van der Waals surface area (Å²) in [5.74, 6) is -0.623. The largest absolute Gasteiger partial charge is 0.501 e. The standard InChI is InChI=1S/C20H21NO4/c1-3-25-13-12-15-4-6-16(7-5-15)14-21-19(22)17-8-10-18(11-9-17)20(23)24-2/h4-13H,3,14H2,1-2H3,(H,21,22)/b13-12+. The van der Waals surface area contributed by atoms with Crippen LogP contribution < -0.4 is 5.32 Å². The van der Waals surface area contributed by atoms with Crippen molar-refractivity contribution in [2.75, 3.05) is 13.7 Å². The first-order chi connectivity index (χ1) is 12.1. The lowest BCUT2D eigenvalue weighted by molar-refractivity contribution is 0.0600. The maximum atomic E-state index is 12.2. The van der Waals surface area contributed by atoms with Crippen molar-refractivity contribution in [3.8, 4) is 0 Å². The van der Waals surface area contributed by atoms with Crippen LogP contribution in [0.3, 0.4) is 0 Å². The van der Waals surface area contributed by atoms with E-state index in [4.69, 9.17) is 4.74 Å². The zero-order chi connectivity index (χ0) is 18.1. The van der Waals surface area contributed by atoms with Crippen LogP contribution >= 0.6 is 0 Å². The fourth-order valence-electron chi connectivity index (χ4n) is 2.13. The van der Waals surface area contributed by atoms with E-state index < -0.39 is 5.97 Å². The molecule has 0 fully saturated rings. The number of hydrogen-bond acceptors (Lipinski definition) is 4. The van der Waals surface area contributed by atoms with Gasteiger partial charge in [-0.2, -0.15) is 0 Å². The van der Waals surface area contributed by atoms with Crippen molar-refractivity contribution in [3.63, 3.8) is 0 Å². The van der Waals surface area contributed by atoms with Crippen LogP contribution in [0.25, 0.3) is 6.08 Å². The predicted molar refractivity (Wildman–Crippen MR) is 96.1 cm³/mol. The van der Waals surface area contributed by atoms with E-state index in [0.29, 0.717) is 24.3 Å². The highest BCUT2D eigenvalue weighted by atomic mass is 16.5. The lowest BCUT2D eigenvalue weighted by atomic mass is 10.1. The molecule has 5 heteroatoms. The summed E-state index contributed by atoms with van der Waals surface area (Å²) in [6, 6.07) is 14.2. The van der Waals surface area contributed by atoms with Gasteiger partial charge in [-0.1, -0.05) is 24.3 Å². The van der Waals surface area contributed by atoms with Crippen molar-refractivity contribution in [2.24, 2.45) is 0 Å². The molecule has 0 unspecified atom stereocenters. The van der Waals surface area contributed by atoms with Crippen molar-refractivity contribution in [3.05, 3.63) is 77.0 Å². The zero-order valence-electron chi connectivity index (χ0n) is 14.3. The normalized spacial score (nSPS) is 10.5. The molecular weight excluding hydrogens is 318 g/mol. The molecule has 2 rings (SSSR count). The van der Waals surface area contributed by atoms with Gasteiger partial charge in [0.15, 0.2) is 0 Å². The third-order valence-electron chi connectivity index (χ3n) is 3.52. The van der Waals surface area contributed by atoms with E-state index in [1.54, 1.807) is 30.5 Å². The molecule has 0 spiro atoms. The van der Waals surface area contributed by atoms with Crippen LogP contribution in [-0.2, 0) is 16.0 Å². The van der Waals surface area contributed by atoms with E-state index in [2.05, 4.69) is 10.1 Å². The number of amides is 1. The highest BCUT2D eigenvalue weighted by Crippen LogP contribution is 2.08. The molecule has 0 bridgehead atoms. The molecule has 0 aromatic heterocycles. The molecule has 0 heterocycles. The van der Waals surface area contributed by atoms with Crippen LogP contribution in [-0.4, -0.2) is 25.6 Å². The smallest absolute Gasteiger partial charge is 0.337 e. The summed E-state index contributed by atoms with van der Waals surface area (Å²) in [5.41, 5.74) is 2.92. The Bertz CT molecular complexity index is 733. The van der Waals surface area contributed by atoms with Crippen LogP contribution in [0.4, 0.5) is 0 Å². The number of nitrogens with one attached hydrogen (secondary N) is 1. The molecule has 0 aliphatic carbocycles. The monoisotopic (exact) mass is 339 g/mol. The van der Waals surface area contributed by atoms with E-state index in [-0.39, 0.29) is 5.91 Å². The maximum absolute atomic E-state index is 12.2. The van der Waals surface area contributed by atoms with Crippen LogP contribution in [0.5, 0.6) is 0 Å². The fourth-order valence-corrected chi connectivity index (χ4v) is 2.13. The number of methoxy groups -OCH3 is 1. The van der Waals surface area contributed by atoms with Crippen LogP contribution in [0.1, 0.15) is 38.8 Å². The van der Waals surface area contributed by atoms with Gasteiger partial charge in [0.2, 0.25) is 0 Å². The van der Waals surface area contributed by atoms with Gasteiger partial charge in [0.05, 0.1) is 25.5 Å². The highest BCUT2D eigenvalue weighted by molar-refractivity contribution is 5.96. The summed E-state index contributed by atoms with van der Waals surface area (Å²) >= 11 is 0. The molecule has 2 aromatic rings. The van der Waals surface area contributed by atoms with E-state index >= 15 is 0 Å². The minimum atomic E-state index is -0.426. The summed E-state index contributed by atoms with van der Waals surface area (Å²) in [5, 5.41) is 2.85. The molecule has 130 valence electrons. The Morgan fingerprint density at radius 3 is 2.24 bits per heavy atom. The quantitative estimate of drug-likeness (QED) is 0.620. The Balaban J connectivity index is 1.90. The van der Waals surface area contributed by atoms with E-state index in [0.717, 1.165) is 11.1 Å². The van der Waals surface area contributed by atoms with Gasteiger partial charge in [-0.3, -0.25) is 4.79 Å². The Hall–Kier alpha value is -3.08. The lowest BCUT2D eigenvalue weighted by Crippen LogP contribution is -2.22. The minimum Gasteiger partial charge on any atom is -0.501 e. The van der Waals surface area contributed by atoms with Crippen molar-refractivity contribution in [1.29, 1.82) is 0 Å². The molecular formula is C20H21NO4. The zero-order valence-corrected chi connectivity index (χ0v) is 14.3. The minimum absolute atomic E-state index is 0.197. The van der Waals surface area contributed by atoms with E-state index in [9.17, 15) is 9.59 Å². The van der Waals surface area contributed by atoms with Crippen LogP contribution in [0, 0.1) is 0 Å². The number of hydrogen-bond donors (Lipinski definition) is 1. The van der Waals surface area contributed by atoms with Crippen molar-refractivity contribution in [1.82, 2.24) is 5.32 Å². The Kier molecular flexibility index (Phi) is 6.77. The van der Waals surface area contributed by atoms with E-state index in [1.807, 2.05) is 37.3 Å². The number of rotatable bonds is 7. The van der Waals surface area contributed by atoms with Gasteiger partial charge in [0.25, 0.3) is 5.91 Å². The summed E-state index contributed by atoms with van der Waals surface area (Å²) in [6.45, 7) is 2.99. The van der Waals surface area contributed by atoms with Gasteiger partial charge in [-0.25, -0.2) is 4.79 Å². The fraction of sp³-hybridized carbons (Fsp3) is 0.200. The van der Waals surface area contributed by atoms with Gasteiger partial charge < -0.3 is 14.8 Å². The second-order valence-corrected chi connectivity index (χ2v) is 5.25. The predicted octanol–water partition coefficient (Wildman–Crippen LogP) is 3.41. The third-order valence-corrected chi connectivity index (χ3v) is 3.52. The average Bonchev–Trinajstić information content (AvgIpc) is 2.66. The molecule has 0 aliphatic rings. The molecule has 0 saturated carbocycles. The van der Waals surface area contributed by atoms with Gasteiger partial charge in [0.1, 0.15) is 0 Å². The highest BCUT2D eigenvalue weighted by Gasteiger charge is 2.08. The molecule has 0 aliphatic heterocycles. The Morgan fingerprint density at radius 1 is 1.00 bits per heavy atom. The van der Waals surface area contributed by atoms with Gasteiger partial charge in [-0.05, 0) is 48.4 Å². The molecule has 0 radical (unpaired) electrons. The van der Waals surface area contributed by atoms with Gasteiger partial charge >= 0.3 is 5.97 Å². The molecule has 1 amide bonds. The first kappa shape index (κ1) is 18.3.